The Bertz CT molecular complexity index is 184. The van der Waals surface area contributed by atoms with Gasteiger partial charge in [-0.15, -0.1) is 0 Å². The molecule has 0 aliphatic rings. The third-order valence-electron chi connectivity index (χ3n) is 1.21. The number of ether oxygens (including phenoxy) is 4. The first-order valence-corrected chi connectivity index (χ1v) is 5.14. The van der Waals surface area contributed by atoms with Crippen molar-refractivity contribution in [3.63, 3.8) is 0 Å². The SMILES string of the molecule is C=COCCOCCOC=C.CCOC(N)=O. The summed E-state index contributed by atoms with van der Waals surface area (Å²) in [5.41, 5.74) is 4.54. The van der Waals surface area contributed by atoms with E-state index < -0.39 is 6.09 Å². The number of hydrogen-bond donors (Lipinski definition) is 1. The van der Waals surface area contributed by atoms with Gasteiger partial charge in [0.15, 0.2) is 0 Å². The van der Waals surface area contributed by atoms with Gasteiger partial charge in [-0.2, -0.15) is 0 Å². The van der Waals surface area contributed by atoms with Gasteiger partial charge in [0, 0.05) is 0 Å². The molecule has 0 aromatic heterocycles. The zero-order chi connectivity index (χ0) is 13.4. The molecule has 17 heavy (non-hydrogen) atoms. The van der Waals surface area contributed by atoms with Crippen molar-refractivity contribution in [2.24, 2.45) is 5.73 Å². The standard InChI is InChI=1S/C8H14O3.C3H7NO2/c1-3-9-5-7-11-8-6-10-4-2;1-2-6-3(4)5/h3-4H,1-2,5-8H2;2H2,1H3,(H2,4,5). The molecule has 0 aliphatic heterocycles. The van der Waals surface area contributed by atoms with Crippen molar-refractivity contribution in [2.75, 3.05) is 33.0 Å². The van der Waals surface area contributed by atoms with E-state index in [-0.39, 0.29) is 0 Å². The van der Waals surface area contributed by atoms with Gasteiger partial charge in [-0.1, -0.05) is 13.2 Å². The van der Waals surface area contributed by atoms with Gasteiger partial charge in [0.1, 0.15) is 13.2 Å². The zero-order valence-electron chi connectivity index (χ0n) is 10.2. The minimum absolute atomic E-state index is 0.356. The monoisotopic (exact) mass is 247 g/mol. The normalized spacial score (nSPS) is 8.29. The molecule has 0 radical (unpaired) electrons. The molecule has 0 heterocycles. The average molecular weight is 247 g/mol. The van der Waals surface area contributed by atoms with Crippen molar-refractivity contribution >= 4 is 6.09 Å². The molecule has 6 nitrogen and oxygen atoms in total. The van der Waals surface area contributed by atoms with Crippen molar-refractivity contribution in [2.45, 2.75) is 6.92 Å². The lowest BCUT2D eigenvalue weighted by molar-refractivity contribution is 0.0560. The van der Waals surface area contributed by atoms with Gasteiger partial charge in [0.25, 0.3) is 0 Å². The second-order valence-electron chi connectivity index (χ2n) is 2.44. The zero-order valence-corrected chi connectivity index (χ0v) is 10.2. The van der Waals surface area contributed by atoms with Crippen LogP contribution in [0.15, 0.2) is 25.7 Å². The number of primary amides is 1. The number of rotatable bonds is 9. The van der Waals surface area contributed by atoms with Crippen LogP contribution < -0.4 is 5.73 Å². The van der Waals surface area contributed by atoms with Gasteiger partial charge in [-0.25, -0.2) is 4.79 Å². The first-order chi connectivity index (χ1) is 8.18. The summed E-state index contributed by atoms with van der Waals surface area (Å²) < 4.78 is 18.9. The number of amides is 1. The van der Waals surface area contributed by atoms with Gasteiger partial charge in [0.2, 0.25) is 0 Å². The summed E-state index contributed by atoms with van der Waals surface area (Å²) in [6.45, 7) is 11.0. The topological polar surface area (TPSA) is 80.0 Å². The molecule has 6 heteroatoms. The number of carbonyl (C=O) groups is 1. The van der Waals surface area contributed by atoms with Crippen LogP contribution >= 0.6 is 0 Å². The molecule has 0 aromatic rings. The van der Waals surface area contributed by atoms with Crippen LogP contribution in [0.3, 0.4) is 0 Å². The van der Waals surface area contributed by atoms with Crippen LogP contribution in [-0.4, -0.2) is 39.1 Å². The van der Waals surface area contributed by atoms with Crippen molar-refractivity contribution < 1.29 is 23.7 Å². The highest BCUT2D eigenvalue weighted by molar-refractivity contribution is 5.64. The summed E-state index contributed by atoms with van der Waals surface area (Å²) in [6.07, 6.45) is 2.07. The van der Waals surface area contributed by atoms with E-state index in [2.05, 4.69) is 23.6 Å². The number of nitrogens with two attached hydrogens (primary N) is 1. The number of carbonyl (C=O) groups excluding carboxylic acids is 1. The van der Waals surface area contributed by atoms with Crippen LogP contribution in [0.4, 0.5) is 4.79 Å². The lowest BCUT2D eigenvalue weighted by Crippen LogP contribution is -2.11. The second-order valence-corrected chi connectivity index (χ2v) is 2.44. The van der Waals surface area contributed by atoms with Crippen LogP contribution in [0.5, 0.6) is 0 Å². The van der Waals surface area contributed by atoms with E-state index in [1.807, 2.05) is 0 Å². The molecule has 1 amide bonds. The van der Waals surface area contributed by atoms with Crippen LogP contribution in [0.25, 0.3) is 0 Å². The van der Waals surface area contributed by atoms with E-state index in [0.29, 0.717) is 33.0 Å². The quantitative estimate of drug-likeness (QED) is 0.492. The summed E-state index contributed by atoms with van der Waals surface area (Å²) in [4.78, 5) is 9.60. The van der Waals surface area contributed by atoms with Gasteiger partial charge < -0.3 is 24.7 Å². The predicted molar refractivity (Wildman–Crippen MR) is 64.3 cm³/mol. The maximum absolute atomic E-state index is 9.60. The van der Waals surface area contributed by atoms with Crippen molar-refractivity contribution in [1.82, 2.24) is 0 Å². The molecule has 2 N–H and O–H groups in total. The van der Waals surface area contributed by atoms with Crippen LogP contribution in [0, 0.1) is 0 Å². The van der Waals surface area contributed by atoms with Gasteiger partial charge in [-0.3, -0.25) is 0 Å². The van der Waals surface area contributed by atoms with Crippen molar-refractivity contribution in [3.8, 4) is 0 Å². The highest BCUT2D eigenvalue weighted by Crippen LogP contribution is 1.80. The Labute approximate surface area is 102 Å². The Morgan fingerprint density at radius 1 is 1.12 bits per heavy atom. The molecule has 0 aliphatic carbocycles. The summed E-state index contributed by atoms with van der Waals surface area (Å²) in [6, 6.07) is 0. The molecule has 0 aromatic carbocycles. The van der Waals surface area contributed by atoms with Crippen molar-refractivity contribution in [1.29, 1.82) is 0 Å². The minimum atomic E-state index is -0.711. The van der Waals surface area contributed by atoms with Crippen LogP contribution in [-0.2, 0) is 18.9 Å². The first-order valence-electron chi connectivity index (χ1n) is 5.14. The molecule has 0 saturated carbocycles. The third-order valence-corrected chi connectivity index (χ3v) is 1.21. The fourth-order valence-electron chi connectivity index (χ4n) is 0.625. The fraction of sp³-hybridized carbons (Fsp3) is 0.545. The van der Waals surface area contributed by atoms with E-state index in [4.69, 9.17) is 14.2 Å². The average Bonchev–Trinajstić information content (AvgIpc) is 2.29. The molecular formula is C11H21NO5. The van der Waals surface area contributed by atoms with Crippen LogP contribution in [0.1, 0.15) is 6.92 Å². The third kappa shape index (κ3) is 25.0. The van der Waals surface area contributed by atoms with Gasteiger partial charge in [-0.05, 0) is 6.92 Å². The molecule has 0 fully saturated rings. The first kappa shape index (κ1) is 17.7. The van der Waals surface area contributed by atoms with E-state index >= 15 is 0 Å². The molecule has 0 atom stereocenters. The van der Waals surface area contributed by atoms with E-state index in [1.54, 1.807) is 6.92 Å². The Kier molecular flexibility index (Phi) is 17.4. The summed E-state index contributed by atoms with van der Waals surface area (Å²) in [5.74, 6) is 0. The Morgan fingerprint density at radius 2 is 1.59 bits per heavy atom. The predicted octanol–water partition coefficient (Wildman–Crippen LogP) is 1.42. The second kappa shape index (κ2) is 16.7. The summed E-state index contributed by atoms with van der Waals surface area (Å²) in [7, 11) is 0. The maximum Gasteiger partial charge on any atom is 0.404 e. The summed E-state index contributed by atoms with van der Waals surface area (Å²) >= 11 is 0. The Hall–Kier alpha value is -1.69. The van der Waals surface area contributed by atoms with E-state index in [0.717, 1.165) is 0 Å². The smallest absolute Gasteiger partial charge is 0.404 e. The largest absolute Gasteiger partial charge is 0.499 e. The van der Waals surface area contributed by atoms with Crippen molar-refractivity contribution in [3.05, 3.63) is 25.7 Å². The molecule has 0 spiro atoms. The van der Waals surface area contributed by atoms with Crippen LogP contribution in [0.2, 0.25) is 0 Å². The highest BCUT2D eigenvalue weighted by atomic mass is 16.5. The molecule has 100 valence electrons. The lowest BCUT2D eigenvalue weighted by atomic mass is 10.7. The molecule has 0 unspecified atom stereocenters. The van der Waals surface area contributed by atoms with E-state index in [9.17, 15) is 4.79 Å². The number of hydrogen-bond acceptors (Lipinski definition) is 5. The molecule has 0 saturated heterocycles. The Morgan fingerprint density at radius 3 is 1.82 bits per heavy atom. The summed E-state index contributed by atoms with van der Waals surface area (Å²) in [5, 5.41) is 0. The molecule has 0 bridgehead atoms. The molecular weight excluding hydrogens is 226 g/mol. The Balaban J connectivity index is 0. The van der Waals surface area contributed by atoms with Gasteiger partial charge in [0.05, 0.1) is 32.3 Å². The lowest BCUT2D eigenvalue weighted by Gasteiger charge is -2.02. The highest BCUT2D eigenvalue weighted by Gasteiger charge is 1.86. The maximum atomic E-state index is 9.60. The van der Waals surface area contributed by atoms with Gasteiger partial charge >= 0.3 is 6.09 Å². The molecule has 0 rings (SSSR count). The fourth-order valence-corrected chi connectivity index (χ4v) is 0.625. The van der Waals surface area contributed by atoms with E-state index in [1.165, 1.54) is 12.5 Å². The minimum Gasteiger partial charge on any atom is -0.499 e.